The minimum Gasteiger partial charge on any atom is -0.481 e. The Hall–Kier alpha value is -2.30. The van der Waals surface area contributed by atoms with Gasteiger partial charge in [0.1, 0.15) is 5.56 Å². The van der Waals surface area contributed by atoms with Gasteiger partial charge in [0, 0.05) is 12.7 Å². The van der Waals surface area contributed by atoms with E-state index >= 15 is 0 Å². The third-order valence-corrected chi connectivity index (χ3v) is 3.80. The maximum atomic E-state index is 12.7. The number of benzene rings is 1. The molecule has 5 heteroatoms. The Balaban J connectivity index is 2.37. The lowest BCUT2D eigenvalue weighted by Gasteiger charge is -2.12. The molecule has 0 aliphatic rings. The van der Waals surface area contributed by atoms with Crippen LogP contribution in [-0.4, -0.2) is 22.8 Å². The highest BCUT2D eigenvalue weighted by atomic mass is 16.5. The fraction of sp³-hybridized carbons (Fsp3) is 0.412. The molecule has 0 spiro atoms. The molecule has 2 aromatic rings. The van der Waals surface area contributed by atoms with Crippen LogP contribution in [0.5, 0.6) is 5.88 Å². The van der Waals surface area contributed by atoms with E-state index in [1.54, 1.807) is 25.8 Å². The summed E-state index contributed by atoms with van der Waals surface area (Å²) in [4.78, 5) is 12.7. The van der Waals surface area contributed by atoms with Crippen LogP contribution in [0.2, 0.25) is 0 Å². The number of nitrogens with zero attached hydrogens (tertiary/aromatic N) is 2. The Morgan fingerprint density at radius 2 is 2.05 bits per heavy atom. The normalized spacial score (nSPS) is 10.6. The molecule has 1 amide bonds. The van der Waals surface area contributed by atoms with E-state index in [9.17, 15) is 4.79 Å². The predicted molar refractivity (Wildman–Crippen MR) is 87.6 cm³/mol. The van der Waals surface area contributed by atoms with Gasteiger partial charge in [0.25, 0.3) is 5.91 Å². The fourth-order valence-electron chi connectivity index (χ4n) is 2.59. The number of anilines is 1. The van der Waals surface area contributed by atoms with Crippen LogP contribution >= 0.6 is 0 Å². The first-order valence-electron chi connectivity index (χ1n) is 7.52. The van der Waals surface area contributed by atoms with Gasteiger partial charge in [0.05, 0.1) is 12.8 Å². The van der Waals surface area contributed by atoms with E-state index in [0.717, 1.165) is 24.1 Å². The summed E-state index contributed by atoms with van der Waals surface area (Å²) in [5, 5.41) is 7.26. The van der Waals surface area contributed by atoms with Crippen molar-refractivity contribution < 1.29 is 9.53 Å². The molecule has 1 N–H and O–H groups in total. The first kappa shape index (κ1) is 16.1. The van der Waals surface area contributed by atoms with E-state index in [1.807, 2.05) is 6.07 Å². The molecule has 2 rings (SSSR count). The molecule has 0 saturated carbocycles. The predicted octanol–water partition coefficient (Wildman–Crippen LogP) is 3.11. The topological polar surface area (TPSA) is 56.2 Å². The molecule has 0 fully saturated rings. The van der Waals surface area contributed by atoms with E-state index in [1.165, 1.54) is 5.56 Å². The Labute approximate surface area is 131 Å². The van der Waals surface area contributed by atoms with Crippen LogP contribution in [0.1, 0.15) is 41.0 Å². The largest absolute Gasteiger partial charge is 0.481 e. The zero-order valence-electron chi connectivity index (χ0n) is 13.9. The monoisotopic (exact) mass is 301 g/mol. The Morgan fingerprint density at radius 1 is 1.32 bits per heavy atom. The SMILES string of the molecule is CCc1ccc(CC)c(NC(=O)c2c(C)nn(C)c2OC)c1. The summed E-state index contributed by atoms with van der Waals surface area (Å²) in [5.74, 6) is 0.282. The number of nitrogens with one attached hydrogen (secondary N) is 1. The molecule has 0 radical (unpaired) electrons. The van der Waals surface area contributed by atoms with Crippen LogP contribution < -0.4 is 10.1 Å². The van der Waals surface area contributed by atoms with Crippen LogP contribution in [-0.2, 0) is 19.9 Å². The summed E-state index contributed by atoms with van der Waals surface area (Å²) in [5.41, 5.74) is 4.31. The number of hydrogen-bond donors (Lipinski definition) is 1. The van der Waals surface area contributed by atoms with Crippen molar-refractivity contribution in [1.29, 1.82) is 0 Å². The van der Waals surface area contributed by atoms with E-state index in [0.29, 0.717) is 17.1 Å². The molecule has 1 aromatic carbocycles. The van der Waals surface area contributed by atoms with E-state index in [4.69, 9.17) is 4.74 Å². The molecule has 22 heavy (non-hydrogen) atoms. The lowest BCUT2D eigenvalue weighted by atomic mass is 10.0. The number of amides is 1. The van der Waals surface area contributed by atoms with Crippen molar-refractivity contribution in [2.75, 3.05) is 12.4 Å². The third kappa shape index (κ3) is 2.98. The number of rotatable bonds is 5. The smallest absolute Gasteiger partial charge is 0.263 e. The molecule has 0 aliphatic heterocycles. The highest BCUT2D eigenvalue weighted by Gasteiger charge is 2.21. The number of hydrogen-bond acceptors (Lipinski definition) is 3. The van der Waals surface area contributed by atoms with Gasteiger partial charge in [-0.25, -0.2) is 4.68 Å². The number of methoxy groups -OCH3 is 1. The van der Waals surface area contributed by atoms with E-state index in [-0.39, 0.29) is 5.91 Å². The van der Waals surface area contributed by atoms with Crippen molar-refractivity contribution in [3.63, 3.8) is 0 Å². The van der Waals surface area contributed by atoms with Gasteiger partial charge in [0.2, 0.25) is 5.88 Å². The highest BCUT2D eigenvalue weighted by molar-refractivity contribution is 6.07. The van der Waals surface area contributed by atoms with Crippen LogP contribution in [0, 0.1) is 6.92 Å². The molecule has 0 unspecified atom stereocenters. The minimum absolute atomic E-state index is 0.189. The summed E-state index contributed by atoms with van der Waals surface area (Å²) in [7, 11) is 3.31. The summed E-state index contributed by atoms with van der Waals surface area (Å²) in [6, 6.07) is 6.21. The van der Waals surface area contributed by atoms with Gasteiger partial charge in [0.15, 0.2) is 0 Å². The average Bonchev–Trinajstić information content (AvgIpc) is 2.80. The number of ether oxygens (including phenoxy) is 1. The Morgan fingerprint density at radius 3 is 2.64 bits per heavy atom. The number of aryl methyl sites for hydroxylation is 4. The molecule has 0 saturated heterocycles. The zero-order chi connectivity index (χ0) is 16.3. The maximum absolute atomic E-state index is 12.7. The molecule has 0 aliphatic carbocycles. The van der Waals surface area contributed by atoms with Crippen molar-refractivity contribution in [3.05, 3.63) is 40.6 Å². The van der Waals surface area contributed by atoms with E-state index < -0.39 is 0 Å². The molecular weight excluding hydrogens is 278 g/mol. The van der Waals surface area contributed by atoms with Gasteiger partial charge in [-0.15, -0.1) is 0 Å². The second kappa shape index (κ2) is 6.64. The molecule has 5 nitrogen and oxygen atoms in total. The third-order valence-electron chi connectivity index (χ3n) is 3.80. The minimum atomic E-state index is -0.189. The standard InChI is InChI=1S/C17H23N3O2/c1-6-12-8-9-13(7-2)14(10-12)18-16(21)15-11(3)19-20(4)17(15)22-5/h8-10H,6-7H2,1-5H3,(H,18,21). The number of aromatic nitrogens is 2. The van der Waals surface area contributed by atoms with Crippen molar-refractivity contribution in [3.8, 4) is 5.88 Å². The summed E-state index contributed by atoms with van der Waals surface area (Å²) in [6.45, 7) is 5.98. The second-order valence-electron chi connectivity index (χ2n) is 5.25. The van der Waals surface area contributed by atoms with Gasteiger partial charge in [-0.1, -0.05) is 26.0 Å². The van der Waals surface area contributed by atoms with Crippen LogP contribution in [0.25, 0.3) is 0 Å². The quantitative estimate of drug-likeness (QED) is 0.923. The summed E-state index contributed by atoms with van der Waals surface area (Å²) in [6.07, 6.45) is 1.80. The maximum Gasteiger partial charge on any atom is 0.263 e. The highest BCUT2D eigenvalue weighted by Crippen LogP contribution is 2.24. The fourth-order valence-corrected chi connectivity index (χ4v) is 2.59. The molecule has 118 valence electrons. The van der Waals surface area contributed by atoms with E-state index in [2.05, 4.69) is 36.4 Å². The lowest BCUT2D eigenvalue weighted by Crippen LogP contribution is -2.15. The summed E-state index contributed by atoms with van der Waals surface area (Å²) >= 11 is 0. The Bertz CT molecular complexity index is 689. The first-order valence-corrected chi connectivity index (χ1v) is 7.52. The molecular formula is C17H23N3O2. The number of carbonyl (C=O) groups is 1. The first-order chi connectivity index (χ1) is 10.5. The van der Waals surface area contributed by atoms with Crippen LogP contribution in [0.4, 0.5) is 5.69 Å². The molecule has 0 bridgehead atoms. The van der Waals surface area contributed by atoms with Gasteiger partial charge in [-0.05, 0) is 37.0 Å². The van der Waals surface area contributed by atoms with Gasteiger partial charge in [-0.3, -0.25) is 4.79 Å². The van der Waals surface area contributed by atoms with Crippen molar-refractivity contribution in [2.24, 2.45) is 7.05 Å². The van der Waals surface area contributed by atoms with Crippen LogP contribution in [0.15, 0.2) is 18.2 Å². The van der Waals surface area contributed by atoms with Crippen molar-refractivity contribution in [2.45, 2.75) is 33.6 Å². The number of carbonyl (C=O) groups excluding carboxylic acids is 1. The van der Waals surface area contributed by atoms with Gasteiger partial charge < -0.3 is 10.1 Å². The second-order valence-corrected chi connectivity index (χ2v) is 5.25. The summed E-state index contributed by atoms with van der Waals surface area (Å²) < 4.78 is 6.87. The van der Waals surface area contributed by atoms with Crippen molar-refractivity contribution >= 4 is 11.6 Å². The molecule has 0 atom stereocenters. The average molecular weight is 301 g/mol. The van der Waals surface area contributed by atoms with Gasteiger partial charge >= 0.3 is 0 Å². The lowest BCUT2D eigenvalue weighted by molar-refractivity contribution is 0.102. The van der Waals surface area contributed by atoms with Crippen LogP contribution in [0.3, 0.4) is 0 Å². The molecule has 1 heterocycles. The zero-order valence-corrected chi connectivity index (χ0v) is 13.9. The van der Waals surface area contributed by atoms with Crippen molar-refractivity contribution in [1.82, 2.24) is 9.78 Å². The Kier molecular flexibility index (Phi) is 4.85. The van der Waals surface area contributed by atoms with Gasteiger partial charge in [-0.2, -0.15) is 5.10 Å². The molecule has 1 aromatic heterocycles.